The predicted molar refractivity (Wildman–Crippen MR) is 56.1 cm³/mol. The predicted octanol–water partition coefficient (Wildman–Crippen LogP) is 3.19. The van der Waals surface area contributed by atoms with Crippen LogP contribution in [0.25, 0.3) is 0 Å². The smallest absolute Gasteiger partial charge is 0.0200 e. The SMILES string of the molecule is CCCCC(N)(C(C)C)C(C)C. The van der Waals surface area contributed by atoms with Crippen molar-refractivity contribution in [2.75, 3.05) is 0 Å². The zero-order valence-corrected chi connectivity index (χ0v) is 9.35. The van der Waals surface area contributed by atoms with Crippen LogP contribution in [0.1, 0.15) is 53.9 Å². The fraction of sp³-hybridized carbons (Fsp3) is 1.00. The van der Waals surface area contributed by atoms with Gasteiger partial charge in [-0.15, -0.1) is 0 Å². The average Bonchev–Trinajstić information content (AvgIpc) is 1.99. The summed E-state index contributed by atoms with van der Waals surface area (Å²) in [6.07, 6.45) is 3.67. The van der Waals surface area contributed by atoms with Crippen molar-refractivity contribution in [2.45, 2.75) is 59.4 Å². The third-order valence-corrected chi connectivity index (χ3v) is 3.11. The van der Waals surface area contributed by atoms with Gasteiger partial charge in [0.15, 0.2) is 0 Å². The lowest BCUT2D eigenvalue weighted by Gasteiger charge is -2.37. The molecule has 0 bridgehead atoms. The molecule has 0 fully saturated rings. The van der Waals surface area contributed by atoms with Crippen LogP contribution >= 0.6 is 0 Å². The number of nitrogens with two attached hydrogens (primary N) is 1. The molecule has 1 heteroatoms. The van der Waals surface area contributed by atoms with E-state index < -0.39 is 0 Å². The Balaban J connectivity index is 4.19. The van der Waals surface area contributed by atoms with Crippen LogP contribution in [0.15, 0.2) is 0 Å². The molecule has 0 aromatic carbocycles. The van der Waals surface area contributed by atoms with Crippen LogP contribution in [0.5, 0.6) is 0 Å². The topological polar surface area (TPSA) is 26.0 Å². The van der Waals surface area contributed by atoms with E-state index in [1.54, 1.807) is 0 Å². The van der Waals surface area contributed by atoms with E-state index in [4.69, 9.17) is 5.73 Å². The summed E-state index contributed by atoms with van der Waals surface area (Å²) < 4.78 is 0. The molecule has 2 N–H and O–H groups in total. The van der Waals surface area contributed by atoms with Crippen LogP contribution in [0, 0.1) is 11.8 Å². The van der Waals surface area contributed by atoms with Crippen molar-refractivity contribution in [3.63, 3.8) is 0 Å². The minimum absolute atomic E-state index is 0.0516. The van der Waals surface area contributed by atoms with Crippen LogP contribution in [0.2, 0.25) is 0 Å². The molecule has 0 aliphatic rings. The minimum Gasteiger partial charge on any atom is -0.325 e. The highest BCUT2D eigenvalue weighted by Crippen LogP contribution is 2.28. The first-order valence-corrected chi connectivity index (χ1v) is 5.24. The maximum Gasteiger partial charge on any atom is 0.0200 e. The van der Waals surface area contributed by atoms with E-state index in [-0.39, 0.29) is 5.54 Å². The number of unbranched alkanes of at least 4 members (excludes halogenated alkanes) is 1. The van der Waals surface area contributed by atoms with E-state index in [9.17, 15) is 0 Å². The summed E-state index contributed by atoms with van der Waals surface area (Å²) in [6, 6.07) is 0. The highest BCUT2D eigenvalue weighted by molar-refractivity contribution is 4.89. The van der Waals surface area contributed by atoms with Crippen LogP contribution in [-0.4, -0.2) is 5.54 Å². The summed E-state index contributed by atoms with van der Waals surface area (Å²) in [7, 11) is 0. The molecular weight excluding hydrogens is 146 g/mol. The highest BCUT2D eigenvalue weighted by atomic mass is 14.8. The fourth-order valence-corrected chi connectivity index (χ4v) is 1.73. The molecule has 0 heterocycles. The van der Waals surface area contributed by atoms with Gasteiger partial charge in [0.2, 0.25) is 0 Å². The summed E-state index contributed by atoms with van der Waals surface area (Å²) in [5.74, 6) is 1.17. The van der Waals surface area contributed by atoms with E-state index in [1.807, 2.05) is 0 Å². The van der Waals surface area contributed by atoms with Crippen molar-refractivity contribution in [3.05, 3.63) is 0 Å². The average molecular weight is 171 g/mol. The molecule has 0 rings (SSSR count). The van der Waals surface area contributed by atoms with Gasteiger partial charge in [-0.3, -0.25) is 0 Å². The van der Waals surface area contributed by atoms with Gasteiger partial charge in [-0.05, 0) is 18.3 Å². The first-order valence-electron chi connectivity index (χ1n) is 5.24. The van der Waals surface area contributed by atoms with Crippen molar-refractivity contribution in [3.8, 4) is 0 Å². The third-order valence-electron chi connectivity index (χ3n) is 3.11. The van der Waals surface area contributed by atoms with Gasteiger partial charge in [-0.25, -0.2) is 0 Å². The second-order valence-corrected chi connectivity index (χ2v) is 4.53. The van der Waals surface area contributed by atoms with E-state index in [0.717, 1.165) is 0 Å². The maximum absolute atomic E-state index is 6.37. The van der Waals surface area contributed by atoms with Crippen molar-refractivity contribution in [1.82, 2.24) is 0 Å². The lowest BCUT2D eigenvalue weighted by atomic mass is 9.74. The van der Waals surface area contributed by atoms with Gasteiger partial charge >= 0.3 is 0 Å². The molecule has 0 amide bonds. The zero-order valence-electron chi connectivity index (χ0n) is 9.35. The molecule has 0 aromatic rings. The Morgan fingerprint density at radius 2 is 1.50 bits per heavy atom. The van der Waals surface area contributed by atoms with Crippen molar-refractivity contribution in [2.24, 2.45) is 17.6 Å². The van der Waals surface area contributed by atoms with Gasteiger partial charge in [0.1, 0.15) is 0 Å². The Morgan fingerprint density at radius 1 is 1.08 bits per heavy atom. The lowest BCUT2D eigenvalue weighted by Crippen LogP contribution is -2.49. The normalized spacial score (nSPS) is 13.0. The van der Waals surface area contributed by atoms with Crippen molar-refractivity contribution in [1.29, 1.82) is 0 Å². The van der Waals surface area contributed by atoms with Gasteiger partial charge in [0.25, 0.3) is 0 Å². The Morgan fingerprint density at radius 3 is 1.75 bits per heavy atom. The quantitative estimate of drug-likeness (QED) is 0.675. The van der Waals surface area contributed by atoms with Crippen LogP contribution in [0.3, 0.4) is 0 Å². The summed E-state index contributed by atoms with van der Waals surface area (Å²) in [4.78, 5) is 0. The zero-order chi connectivity index (χ0) is 9.78. The molecule has 12 heavy (non-hydrogen) atoms. The molecular formula is C11H25N. The van der Waals surface area contributed by atoms with Gasteiger partial charge in [0, 0.05) is 5.54 Å². The number of rotatable bonds is 5. The summed E-state index contributed by atoms with van der Waals surface area (Å²) >= 11 is 0. The summed E-state index contributed by atoms with van der Waals surface area (Å²) in [6.45, 7) is 11.2. The molecule has 74 valence electrons. The standard InChI is InChI=1S/C11H25N/c1-6-7-8-11(12,9(2)3)10(4)5/h9-10H,6-8,12H2,1-5H3. The van der Waals surface area contributed by atoms with E-state index in [0.29, 0.717) is 11.8 Å². The summed E-state index contributed by atoms with van der Waals surface area (Å²) in [5.41, 5.74) is 6.42. The fourth-order valence-electron chi connectivity index (χ4n) is 1.73. The second-order valence-electron chi connectivity index (χ2n) is 4.53. The van der Waals surface area contributed by atoms with Crippen molar-refractivity contribution < 1.29 is 0 Å². The molecule has 1 nitrogen and oxygen atoms in total. The van der Waals surface area contributed by atoms with Crippen molar-refractivity contribution >= 4 is 0 Å². The first kappa shape index (κ1) is 12.0. The Kier molecular flexibility index (Phi) is 4.84. The summed E-state index contributed by atoms with van der Waals surface area (Å²) in [5, 5.41) is 0. The molecule has 0 aliphatic carbocycles. The molecule has 0 spiro atoms. The van der Waals surface area contributed by atoms with Gasteiger partial charge < -0.3 is 5.73 Å². The Hall–Kier alpha value is -0.0400. The minimum atomic E-state index is 0.0516. The monoisotopic (exact) mass is 171 g/mol. The van der Waals surface area contributed by atoms with E-state index >= 15 is 0 Å². The molecule has 0 aliphatic heterocycles. The largest absolute Gasteiger partial charge is 0.325 e. The molecule has 0 atom stereocenters. The number of hydrogen-bond donors (Lipinski definition) is 1. The second kappa shape index (κ2) is 4.86. The van der Waals surface area contributed by atoms with Gasteiger partial charge in [0.05, 0.1) is 0 Å². The number of hydrogen-bond acceptors (Lipinski definition) is 1. The highest BCUT2D eigenvalue weighted by Gasteiger charge is 2.31. The first-order chi connectivity index (χ1) is 5.45. The Labute approximate surface area is 77.7 Å². The van der Waals surface area contributed by atoms with E-state index in [1.165, 1.54) is 19.3 Å². The van der Waals surface area contributed by atoms with Gasteiger partial charge in [-0.1, -0.05) is 47.5 Å². The Bertz CT molecular complexity index is 108. The lowest BCUT2D eigenvalue weighted by molar-refractivity contribution is 0.203. The van der Waals surface area contributed by atoms with Crippen LogP contribution in [-0.2, 0) is 0 Å². The van der Waals surface area contributed by atoms with Gasteiger partial charge in [-0.2, -0.15) is 0 Å². The molecule has 0 saturated carbocycles. The maximum atomic E-state index is 6.37. The molecule has 0 aromatic heterocycles. The third kappa shape index (κ3) is 2.78. The van der Waals surface area contributed by atoms with Crippen LogP contribution < -0.4 is 5.73 Å². The molecule has 0 unspecified atom stereocenters. The van der Waals surface area contributed by atoms with Crippen LogP contribution in [0.4, 0.5) is 0 Å². The van der Waals surface area contributed by atoms with E-state index in [2.05, 4.69) is 34.6 Å². The molecule has 0 radical (unpaired) electrons. The molecule has 0 saturated heterocycles.